The van der Waals surface area contributed by atoms with E-state index in [2.05, 4.69) is 35.4 Å². The molecular formula is C24H34FN3O3. The minimum Gasteiger partial charge on any atom is -0.389 e. The normalized spacial score (nSPS) is 14.7. The molecule has 0 spiro atoms. The molecule has 1 aliphatic rings. The van der Waals surface area contributed by atoms with Crippen LogP contribution >= 0.6 is 0 Å². The van der Waals surface area contributed by atoms with E-state index in [9.17, 15) is 9.50 Å². The molecule has 3 rings (SSSR count). The van der Waals surface area contributed by atoms with Gasteiger partial charge in [-0.1, -0.05) is 11.2 Å². The smallest absolute Gasteiger partial charge is 0.232 e. The van der Waals surface area contributed by atoms with Gasteiger partial charge in [0.2, 0.25) is 5.88 Å². The number of aromatic nitrogens is 1. The highest BCUT2D eigenvalue weighted by atomic mass is 19.1. The molecule has 1 saturated carbocycles. The van der Waals surface area contributed by atoms with Crippen LogP contribution in [0.3, 0.4) is 0 Å². The van der Waals surface area contributed by atoms with Crippen molar-refractivity contribution in [2.75, 3.05) is 44.3 Å². The summed E-state index contributed by atoms with van der Waals surface area (Å²) in [5, 5.41) is 14.9. The Morgan fingerprint density at radius 2 is 2.00 bits per heavy atom. The molecule has 1 heterocycles. The zero-order valence-electron chi connectivity index (χ0n) is 18.6. The molecule has 2 aromatic rings. The molecule has 170 valence electrons. The number of halogens is 1. The summed E-state index contributed by atoms with van der Waals surface area (Å²) in [4.78, 5) is 4.39. The lowest BCUT2D eigenvalue weighted by Gasteiger charge is -2.26. The van der Waals surface area contributed by atoms with Crippen LogP contribution in [0, 0.1) is 11.7 Å². The minimum absolute atomic E-state index is 0.268. The first-order valence-electron chi connectivity index (χ1n) is 11.1. The standard InChI is InChI=1S/C24H34FN3O3/c1-4-13-30-17-21(29)15-27(14-18-7-8-18)16-22-23(19-9-11-20(25)12-10-19)26-31-24(22)28(5-2)6-3/h4,9-12,18,21,29H,1,5-8,13-17H2,2-3H3. The fourth-order valence-corrected chi connectivity index (χ4v) is 3.77. The number of rotatable bonds is 14. The molecule has 1 fully saturated rings. The first kappa shape index (κ1) is 23.4. The largest absolute Gasteiger partial charge is 0.389 e. The number of benzene rings is 1. The van der Waals surface area contributed by atoms with Crippen LogP contribution in [0.2, 0.25) is 0 Å². The third-order valence-corrected chi connectivity index (χ3v) is 5.55. The molecule has 7 heteroatoms. The van der Waals surface area contributed by atoms with Crippen LogP contribution in [0.5, 0.6) is 0 Å². The van der Waals surface area contributed by atoms with Gasteiger partial charge in [0.25, 0.3) is 0 Å². The fourth-order valence-electron chi connectivity index (χ4n) is 3.77. The Balaban J connectivity index is 1.86. The van der Waals surface area contributed by atoms with Gasteiger partial charge in [0, 0.05) is 38.3 Å². The van der Waals surface area contributed by atoms with Crippen LogP contribution in [0.4, 0.5) is 10.3 Å². The van der Waals surface area contributed by atoms with Crippen LogP contribution in [0.1, 0.15) is 32.3 Å². The van der Waals surface area contributed by atoms with Crippen LogP contribution < -0.4 is 4.90 Å². The average molecular weight is 432 g/mol. The molecule has 1 aliphatic carbocycles. The molecule has 0 bridgehead atoms. The molecule has 0 saturated heterocycles. The van der Waals surface area contributed by atoms with E-state index >= 15 is 0 Å². The Labute approximate surface area is 184 Å². The van der Waals surface area contributed by atoms with E-state index in [0.717, 1.165) is 42.3 Å². The van der Waals surface area contributed by atoms with Gasteiger partial charge >= 0.3 is 0 Å². The molecule has 0 radical (unpaired) electrons. The summed E-state index contributed by atoms with van der Waals surface area (Å²) in [6.45, 7) is 12.1. The highest BCUT2D eigenvalue weighted by molar-refractivity contribution is 5.68. The van der Waals surface area contributed by atoms with Gasteiger partial charge in [-0.15, -0.1) is 6.58 Å². The van der Waals surface area contributed by atoms with Crippen molar-refractivity contribution in [2.45, 2.75) is 39.3 Å². The summed E-state index contributed by atoms with van der Waals surface area (Å²) in [6, 6.07) is 6.33. The summed E-state index contributed by atoms with van der Waals surface area (Å²) in [5.74, 6) is 1.12. The Hall–Kier alpha value is -2.22. The van der Waals surface area contributed by atoms with Gasteiger partial charge < -0.3 is 19.3 Å². The van der Waals surface area contributed by atoms with Crippen molar-refractivity contribution in [3.05, 3.63) is 48.3 Å². The van der Waals surface area contributed by atoms with Crippen LogP contribution in [0.25, 0.3) is 11.3 Å². The van der Waals surface area contributed by atoms with Crippen molar-refractivity contribution in [2.24, 2.45) is 5.92 Å². The maximum Gasteiger partial charge on any atom is 0.232 e. The second kappa shape index (κ2) is 11.4. The number of anilines is 1. The predicted molar refractivity (Wildman–Crippen MR) is 120 cm³/mol. The molecule has 1 unspecified atom stereocenters. The lowest BCUT2D eigenvalue weighted by molar-refractivity contribution is 0.0237. The number of ether oxygens (including phenoxy) is 1. The SMILES string of the molecule is C=CCOCC(O)CN(Cc1c(-c2ccc(F)cc2)noc1N(CC)CC)CC1CC1. The second-order valence-corrected chi connectivity index (χ2v) is 8.11. The summed E-state index contributed by atoms with van der Waals surface area (Å²) < 4.78 is 24.7. The van der Waals surface area contributed by atoms with Crippen molar-refractivity contribution in [1.82, 2.24) is 10.1 Å². The van der Waals surface area contributed by atoms with Crippen LogP contribution in [-0.2, 0) is 11.3 Å². The molecular weight excluding hydrogens is 397 g/mol. The molecule has 31 heavy (non-hydrogen) atoms. The van der Waals surface area contributed by atoms with Crippen LogP contribution in [-0.4, -0.2) is 60.7 Å². The van der Waals surface area contributed by atoms with E-state index in [1.165, 1.54) is 25.0 Å². The van der Waals surface area contributed by atoms with Gasteiger partial charge in [-0.3, -0.25) is 4.90 Å². The monoisotopic (exact) mass is 431 g/mol. The molecule has 1 aromatic carbocycles. The average Bonchev–Trinajstić information content (AvgIpc) is 3.49. The van der Waals surface area contributed by atoms with E-state index in [1.807, 2.05) is 0 Å². The molecule has 1 atom stereocenters. The van der Waals surface area contributed by atoms with Gasteiger partial charge in [-0.25, -0.2) is 4.39 Å². The predicted octanol–water partition coefficient (Wildman–Crippen LogP) is 4.10. The quantitative estimate of drug-likeness (QED) is 0.359. The molecule has 0 aliphatic heterocycles. The Kier molecular flexibility index (Phi) is 8.63. The molecule has 6 nitrogen and oxygen atoms in total. The van der Waals surface area contributed by atoms with Crippen molar-refractivity contribution in [3.63, 3.8) is 0 Å². The number of aliphatic hydroxyl groups is 1. The van der Waals surface area contributed by atoms with Gasteiger partial charge in [0.1, 0.15) is 11.5 Å². The zero-order valence-corrected chi connectivity index (χ0v) is 18.6. The number of hydrogen-bond acceptors (Lipinski definition) is 6. The van der Waals surface area contributed by atoms with E-state index in [4.69, 9.17) is 9.26 Å². The van der Waals surface area contributed by atoms with Gasteiger partial charge in [0.15, 0.2) is 0 Å². The zero-order chi connectivity index (χ0) is 22.2. The second-order valence-electron chi connectivity index (χ2n) is 8.11. The summed E-state index contributed by atoms with van der Waals surface area (Å²) >= 11 is 0. The summed E-state index contributed by atoms with van der Waals surface area (Å²) in [6.07, 6.45) is 3.52. The third-order valence-electron chi connectivity index (χ3n) is 5.55. The number of hydrogen-bond donors (Lipinski definition) is 1. The highest BCUT2D eigenvalue weighted by Crippen LogP contribution is 2.35. The first-order chi connectivity index (χ1) is 15.0. The van der Waals surface area contributed by atoms with Gasteiger partial charge in [0.05, 0.1) is 24.9 Å². The summed E-state index contributed by atoms with van der Waals surface area (Å²) in [5.41, 5.74) is 2.51. The molecule has 1 N–H and O–H groups in total. The van der Waals surface area contributed by atoms with Crippen molar-refractivity contribution < 1.29 is 18.8 Å². The Bertz CT molecular complexity index is 816. The van der Waals surface area contributed by atoms with Crippen molar-refractivity contribution >= 4 is 5.88 Å². The van der Waals surface area contributed by atoms with E-state index in [0.29, 0.717) is 25.6 Å². The highest BCUT2D eigenvalue weighted by Gasteiger charge is 2.29. The Morgan fingerprint density at radius 1 is 1.29 bits per heavy atom. The van der Waals surface area contributed by atoms with E-state index < -0.39 is 6.10 Å². The third kappa shape index (κ3) is 6.63. The fraction of sp³-hybridized carbons (Fsp3) is 0.542. The minimum atomic E-state index is -0.593. The van der Waals surface area contributed by atoms with Crippen LogP contribution in [0.15, 0.2) is 41.4 Å². The van der Waals surface area contributed by atoms with E-state index in [1.54, 1.807) is 18.2 Å². The van der Waals surface area contributed by atoms with Crippen molar-refractivity contribution in [3.8, 4) is 11.3 Å². The van der Waals surface area contributed by atoms with Crippen molar-refractivity contribution in [1.29, 1.82) is 0 Å². The lowest BCUT2D eigenvalue weighted by atomic mass is 10.1. The Morgan fingerprint density at radius 3 is 2.61 bits per heavy atom. The van der Waals surface area contributed by atoms with Gasteiger partial charge in [-0.2, -0.15) is 0 Å². The van der Waals surface area contributed by atoms with E-state index in [-0.39, 0.29) is 12.4 Å². The number of nitrogens with zero attached hydrogens (tertiary/aromatic N) is 3. The summed E-state index contributed by atoms with van der Waals surface area (Å²) in [7, 11) is 0. The van der Waals surface area contributed by atoms with Gasteiger partial charge in [-0.05, 0) is 56.9 Å². The first-order valence-corrected chi connectivity index (χ1v) is 11.1. The molecule has 1 aromatic heterocycles. The maximum absolute atomic E-state index is 13.5. The maximum atomic E-state index is 13.5. The molecule has 0 amide bonds. The lowest BCUT2D eigenvalue weighted by Crippen LogP contribution is -2.36. The topological polar surface area (TPSA) is 62.0 Å². The number of aliphatic hydroxyl groups excluding tert-OH is 1.